The van der Waals surface area contributed by atoms with Crippen LogP contribution in [0.2, 0.25) is 0 Å². The second kappa shape index (κ2) is 6.90. The molecule has 1 aliphatic heterocycles. The molecule has 1 heterocycles. The van der Waals surface area contributed by atoms with Gasteiger partial charge in [-0.3, -0.25) is 0 Å². The quantitative estimate of drug-likeness (QED) is 0.720. The maximum Gasteiger partial charge on any atom is 0.578 e. The summed E-state index contributed by atoms with van der Waals surface area (Å²) in [6.45, 7) is 7.28. The highest BCUT2D eigenvalue weighted by Crippen LogP contribution is 2.34. The van der Waals surface area contributed by atoms with Crippen molar-refractivity contribution in [1.29, 1.82) is 0 Å². The van der Waals surface area contributed by atoms with E-state index in [0.717, 1.165) is 17.1 Å². The van der Waals surface area contributed by atoms with Gasteiger partial charge in [0.05, 0.1) is 6.10 Å². The van der Waals surface area contributed by atoms with Crippen LogP contribution in [-0.2, 0) is 13.3 Å². The second-order valence-electron chi connectivity index (χ2n) is 3.99. The molecule has 19 heavy (non-hydrogen) atoms. The molecule has 1 unspecified atom stereocenters. The maximum absolute atomic E-state index is 5.84. The van der Waals surface area contributed by atoms with Crippen LogP contribution in [0.3, 0.4) is 0 Å². The fourth-order valence-electron chi connectivity index (χ4n) is 1.72. The van der Waals surface area contributed by atoms with Gasteiger partial charge in [0.2, 0.25) is 6.79 Å². The Labute approximate surface area is 115 Å². The van der Waals surface area contributed by atoms with E-state index in [4.69, 9.17) is 22.8 Å². The first-order valence-corrected chi connectivity index (χ1v) is 7.65. The Morgan fingerprint density at radius 3 is 2.53 bits per heavy atom. The third-order valence-corrected chi connectivity index (χ3v) is 4.26. The van der Waals surface area contributed by atoms with Crippen molar-refractivity contribution in [3.05, 3.63) is 23.8 Å². The van der Waals surface area contributed by atoms with Gasteiger partial charge in [-0.1, -0.05) is 6.07 Å². The van der Waals surface area contributed by atoms with Crippen molar-refractivity contribution in [2.75, 3.05) is 20.0 Å². The Morgan fingerprint density at radius 1 is 1.16 bits per heavy atom. The number of fused-ring (bicyclic) bond motifs is 1. The molecule has 0 bridgehead atoms. The highest BCUT2D eigenvalue weighted by atomic mass is 28.3. The number of hydrogen-bond donors (Lipinski definition) is 0. The molecule has 0 saturated carbocycles. The van der Waals surface area contributed by atoms with Crippen LogP contribution >= 0.6 is 0 Å². The third kappa shape index (κ3) is 3.70. The van der Waals surface area contributed by atoms with Crippen LogP contribution in [0.5, 0.6) is 11.5 Å². The lowest BCUT2D eigenvalue weighted by Crippen LogP contribution is -2.28. The third-order valence-electron chi connectivity index (χ3n) is 2.66. The molecule has 1 aliphatic rings. The minimum Gasteiger partial charge on any atom is -0.454 e. The summed E-state index contributed by atoms with van der Waals surface area (Å²) in [4.78, 5) is 0. The predicted octanol–water partition coefficient (Wildman–Crippen LogP) is 2.55. The van der Waals surface area contributed by atoms with E-state index >= 15 is 0 Å². The van der Waals surface area contributed by atoms with Gasteiger partial charge in [0.15, 0.2) is 11.5 Å². The van der Waals surface area contributed by atoms with Crippen molar-refractivity contribution < 1.29 is 22.8 Å². The van der Waals surface area contributed by atoms with Crippen molar-refractivity contribution >= 4 is 9.53 Å². The minimum atomic E-state index is -1.68. The molecule has 2 rings (SSSR count). The van der Waals surface area contributed by atoms with E-state index in [1.165, 1.54) is 0 Å². The molecule has 6 heteroatoms. The standard InChI is InChI=1S/C13H19O5Si/c1-4-16-19(17-5-2)18-10(3)11-6-7-12-13(8-11)15-9-14-12/h6-8,10H,4-5,9H2,1-3H3. The normalized spacial score (nSPS) is 14.9. The average Bonchev–Trinajstić information content (AvgIpc) is 2.86. The molecule has 1 radical (unpaired) electrons. The predicted molar refractivity (Wildman–Crippen MR) is 71.1 cm³/mol. The molecule has 0 aliphatic carbocycles. The van der Waals surface area contributed by atoms with Gasteiger partial charge in [0.25, 0.3) is 0 Å². The summed E-state index contributed by atoms with van der Waals surface area (Å²) in [5, 5.41) is 0. The van der Waals surface area contributed by atoms with Gasteiger partial charge >= 0.3 is 9.53 Å². The van der Waals surface area contributed by atoms with Crippen molar-refractivity contribution in [1.82, 2.24) is 0 Å². The van der Waals surface area contributed by atoms with Crippen molar-refractivity contribution in [3.63, 3.8) is 0 Å². The molecule has 0 N–H and O–H groups in total. The van der Waals surface area contributed by atoms with E-state index in [-0.39, 0.29) is 12.9 Å². The van der Waals surface area contributed by atoms with Crippen LogP contribution < -0.4 is 9.47 Å². The molecule has 1 aromatic rings. The summed E-state index contributed by atoms with van der Waals surface area (Å²) in [5.74, 6) is 1.53. The van der Waals surface area contributed by atoms with E-state index < -0.39 is 9.53 Å². The molecule has 0 spiro atoms. The zero-order chi connectivity index (χ0) is 13.7. The van der Waals surface area contributed by atoms with Crippen LogP contribution in [0, 0.1) is 0 Å². The Hall–Kier alpha value is -1.08. The average molecular weight is 283 g/mol. The van der Waals surface area contributed by atoms with E-state index in [2.05, 4.69) is 0 Å². The van der Waals surface area contributed by atoms with E-state index in [1.54, 1.807) is 0 Å². The lowest BCUT2D eigenvalue weighted by atomic mass is 10.1. The highest BCUT2D eigenvalue weighted by Gasteiger charge is 2.23. The molecule has 0 fully saturated rings. The summed E-state index contributed by atoms with van der Waals surface area (Å²) < 4.78 is 27.4. The Kier molecular flexibility index (Phi) is 5.21. The lowest BCUT2D eigenvalue weighted by molar-refractivity contribution is 0.0699. The number of hydrogen-bond acceptors (Lipinski definition) is 5. The number of benzene rings is 1. The zero-order valence-electron chi connectivity index (χ0n) is 11.5. The molecular formula is C13H19O5Si. The summed E-state index contributed by atoms with van der Waals surface area (Å²) in [6.07, 6.45) is -0.110. The van der Waals surface area contributed by atoms with Crippen LogP contribution in [-0.4, -0.2) is 29.5 Å². The van der Waals surface area contributed by atoms with Gasteiger partial charge < -0.3 is 22.8 Å². The van der Waals surface area contributed by atoms with Crippen molar-refractivity contribution in [2.24, 2.45) is 0 Å². The number of ether oxygens (including phenoxy) is 2. The smallest absolute Gasteiger partial charge is 0.454 e. The van der Waals surface area contributed by atoms with Gasteiger partial charge in [-0.05, 0) is 38.5 Å². The minimum absolute atomic E-state index is 0.110. The Balaban J connectivity index is 2.00. The summed E-state index contributed by atoms with van der Waals surface area (Å²) in [7, 11) is -1.68. The number of rotatable bonds is 7. The first-order valence-electron chi connectivity index (χ1n) is 6.43. The van der Waals surface area contributed by atoms with Gasteiger partial charge in [-0.25, -0.2) is 0 Å². The zero-order valence-corrected chi connectivity index (χ0v) is 12.5. The Bertz CT molecular complexity index is 406. The van der Waals surface area contributed by atoms with E-state index in [0.29, 0.717) is 13.2 Å². The van der Waals surface area contributed by atoms with Crippen molar-refractivity contribution in [2.45, 2.75) is 26.9 Å². The van der Waals surface area contributed by atoms with Gasteiger partial charge in [-0.2, -0.15) is 0 Å². The summed E-state index contributed by atoms with van der Waals surface area (Å²) >= 11 is 0. The lowest BCUT2D eigenvalue weighted by Gasteiger charge is -2.18. The summed E-state index contributed by atoms with van der Waals surface area (Å²) in [5.41, 5.74) is 1.02. The first-order chi connectivity index (χ1) is 9.24. The largest absolute Gasteiger partial charge is 0.578 e. The molecule has 1 atom stereocenters. The molecular weight excluding hydrogens is 264 g/mol. The van der Waals surface area contributed by atoms with Gasteiger partial charge in [0, 0.05) is 13.2 Å². The first kappa shape index (κ1) is 14.3. The van der Waals surface area contributed by atoms with Crippen LogP contribution in [0.4, 0.5) is 0 Å². The molecule has 5 nitrogen and oxygen atoms in total. The van der Waals surface area contributed by atoms with E-state index in [9.17, 15) is 0 Å². The van der Waals surface area contributed by atoms with Crippen LogP contribution in [0.25, 0.3) is 0 Å². The van der Waals surface area contributed by atoms with E-state index in [1.807, 2.05) is 39.0 Å². The Morgan fingerprint density at radius 2 is 1.84 bits per heavy atom. The fraction of sp³-hybridized carbons (Fsp3) is 0.538. The fourth-order valence-corrected chi connectivity index (χ4v) is 2.84. The molecule has 0 amide bonds. The molecule has 0 aromatic heterocycles. The topological polar surface area (TPSA) is 46.2 Å². The second-order valence-corrected chi connectivity index (χ2v) is 5.30. The van der Waals surface area contributed by atoms with Crippen molar-refractivity contribution in [3.8, 4) is 11.5 Å². The van der Waals surface area contributed by atoms with Crippen LogP contribution in [0.15, 0.2) is 18.2 Å². The molecule has 0 saturated heterocycles. The highest BCUT2D eigenvalue weighted by molar-refractivity contribution is 6.36. The molecule has 1 aromatic carbocycles. The summed E-state index contributed by atoms with van der Waals surface area (Å²) in [6, 6.07) is 5.80. The molecule has 105 valence electrons. The SMILES string of the molecule is CCO[Si](OCC)OC(C)c1ccc2c(c1)OCO2. The van der Waals surface area contributed by atoms with Gasteiger partial charge in [-0.15, -0.1) is 0 Å². The maximum atomic E-state index is 5.84. The monoisotopic (exact) mass is 283 g/mol. The van der Waals surface area contributed by atoms with Crippen LogP contribution in [0.1, 0.15) is 32.4 Å². The van der Waals surface area contributed by atoms with Gasteiger partial charge in [0.1, 0.15) is 0 Å².